The lowest BCUT2D eigenvalue weighted by Gasteiger charge is -2.39. The molecule has 0 saturated carbocycles. The summed E-state index contributed by atoms with van der Waals surface area (Å²) in [5, 5.41) is 21.3. The molecule has 2 aromatic rings. The second-order valence-corrected chi connectivity index (χ2v) is 10.6. The van der Waals surface area contributed by atoms with Gasteiger partial charge in [0.15, 0.2) is 0 Å². The van der Waals surface area contributed by atoms with Crippen LogP contribution in [0.5, 0.6) is 0 Å². The molecule has 2 N–H and O–H groups in total. The van der Waals surface area contributed by atoms with Gasteiger partial charge < -0.3 is 29.5 Å². The number of rotatable bonds is 5. The van der Waals surface area contributed by atoms with Crippen molar-refractivity contribution in [1.82, 2.24) is 9.80 Å². The summed E-state index contributed by atoms with van der Waals surface area (Å²) in [6, 6.07) is 10.8. The number of amides is 2. The molecule has 1 saturated heterocycles. The third kappa shape index (κ3) is 8.30. The molecule has 1 aliphatic rings. The van der Waals surface area contributed by atoms with E-state index < -0.39 is 47.8 Å². The van der Waals surface area contributed by atoms with E-state index in [9.17, 15) is 28.6 Å². The minimum atomic E-state index is -1.40. The summed E-state index contributed by atoms with van der Waals surface area (Å²) in [4.78, 5) is 30.4. The first-order chi connectivity index (χ1) is 19.1. The molecule has 0 unspecified atom stereocenters. The maximum atomic E-state index is 14.7. The molecule has 220 valence electrons. The molecule has 1 heterocycles. The number of hydrogen-bond donors (Lipinski definition) is 2. The second-order valence-electron chi connectivity index (χ2n) is 10.6. The summed E-state index contributed by atoms with van der Waals surface area (Å²) in [5.74, 6) is -2.42. The van der Waals surface area contributed by atoms with E-state index in [1.165, 1.54) is 48.4 Å². The van der Waals surface area contributed by atoms with Gasteiger partial charge in [-0.15, -0.1) is 0 Å². The van der Waals surface area contributed by atoms with Crippen molar-refractivity contribution in [2.45, 2.75) is 57.5 Å². The van der Waals surface area contributed by atoms with Crippen molar-refractivity contribution in [3.05, 3.63) is 71.3 Å². The Morgan fingerprint density at radius 2 is 1.57 bits per heavy atom. The summed E-state index contributed by atoms with van der Waals surface area (Å²) in [6.07, 6.45) is -2.17. The zero-order valence-electron chi connectivity index (χ0n) is 23.3. The zero-order chi connectivity index (χ0) is 29.2. The number of benzene rings is 2. The first-order valence-electron chi connectivity index (χ1n) is 13.7. The summed E-state index contributed by atoms with van der Waals surface area (Å²) >= 11 is 0. The van der Waals surface area contributed by atoms with Crippen LogP contribution in [0.1, 0.15) is 53.8 Å². The number of aliphatic hydroxyl groups is 2. The molecule has 40 heavy (non-hydrogen) atoms. The van der Waals surface area contributed by atoms with E-state index in [4.69, 9.17) is 9.47 Å². The van der Waals surface area contributed by atoms with Crippen molar-refractivity contribution in [3.63, 3.8) is 0 Å². The van der Waals surface area contributed by atoms with Crippen LogP contribution in [0.15, 0.2) is 48.5 Å². The van der Waals surface area contributed by atoms with Gasteiger partial charge >= 0.3 is 0 Å². The third-order valence-electron chi connectivity index (χ3n) is 7.08. The number of aliphatic hydroxyl groups excluding tert-OH is 2. The Hall–Kier alpha value is -2.92. The molecule has 10 heteroatoms. The Morgan fingerprint density at radius 1 is 0.975 bits per heavy atom. The number of nitrogens with zero attached hydrogens (tertiary/aromatic N) is 2. The molecule has 0 bridgehead atoms. The summed E-state index contributed by atoms with van der Waals surface area (Å²) in [5.41, 5.74) is -0.249. The SMILES string of the molecule is CO[C@@H]1CN(C(=O)c2ccccc2F)C[C@@H](CC(C)C)N(C(=O)c2ccccc2F)CCCCOC[C@@H](O)[C@H]1O. The molecule has 0 aliphatic carbocycles. The zero-order valence-corrected chi connectivity index (χ0v) is 23.3. The fraction of sp³-hybridized carbons (Fsp3) is 0.533. The molecule has 0 aromatic heterocycles. The van der Waals surface area contributed by atoms with Crippen LogP contribution in [0.2, 0.25) is 0 Å². The van der Waals surface area contributed by atoms with Crippen molar-refractivity contribution >= 4 is 11.8 Å². The number of hydrogen-bond acceptors (Lipinski definition) is 6. The number of ether oxygens (including phenoxy) is 2. The van der Waals surface area contributed by atoms with E-state index in [1.807, 2.05) is 13.8 Å². The highest BCUT2D eigenvalue weighted by atomic mass is 19.1. The van der Waals surface area contributed by atoms with E-state index in [2.05, 4.69) is 0 Å². The van der Waals surface area contributed by atoms with Gasteiger partial charge in [-0.25, -0.2) is 8.78 Å². The van der Waals surface area contributed by atoms with Crippen molar-refractivity contribution in [2.24, 2.45) is 5.92 Å². The molecule has 2 amide bonds. The smallest absolute Gasteiger partial charge is 0.257 e. The Morgan fingerprint density at radius 3 is 2.15 bits per heavy atom. The van der Waals surface area contributed by atoms with Crippen molar-refractivity contribution in [2.75, 3.05) is 40.0 Å². The van der Waals surface area contributed by atoms with E-state index >= 15 is 0 Å². The fourth-order valence-electron chi connectivity index (χ4n) is 4.96. The number of methoxy groups -OCH3 is 1. The van der Waals surface area contributed by atoms with Gasteiger partial charge in [-0.05, 0) is 49.4 Å². The van der Waals surface area contributed by atoms with Crippen LogP contribution in [-0.2, 0) is 9.47 Å². The predicted octanol–water partition coefficient (Wildman–Crippen LogP) is 3.51. The molecule has 2 aromatic carbocycles. The van der Waals surface area contributed by atoms with Crippen LogP contribution in [0.4, 0.5) is 8.78 Å². The Bertz CT molecular complexity index is 1120. The lowest BCUT2D eigenvalue weighted by atomic mass is 9.99. The van der Waals surface area contributed by atoms with Gasteiger partial charge in [0.05, 0.1) is 17.7 Å². The first kappa shape index (κ1) is 31.6. The van der Waals surface area contributed by atoms with Gasteiger partial charge in [-0.1, -0.05) is 38.1 Å². The van der Waals surface area contributed by atoms with Gasteiger partial charge in [0.1, 0.15) is 29.9 Å². The average Bonchev–Trinajstić information content (AvgIpc) is 2.93. The maximum absolute atomic E-state index is 14.7. The molecule has 3 rings (SSSR count). The average molecular weight is 563 g/mol. The molecule has 4 atom stereocenters. The highest BCUT2D eigenvalue weighted by molar-refractivity contribution is 5.95. The van der Waals surface area contributed by atoms with Crippen LogP contribution < -0.4 is 0 Å². The Kier molecular flexibility index (Phi) is 12.0. The van der Waals surface area contributed by atoms with Crippen molar-refractivity contribution < 1.29 is 38.1 Å². The van der Waals surface area contributed by atoms with Gasteiger partial charge in [0.2, 0.25) is 0 Å². The van der Waals surface area contributed by atoms with E-state index in [0.29, 0.717) is 19.3 Å². The standard InChI is InChI=1S/C30H40F2N2O6/c1-20(2)16-21-17-33(29(37)22-10-4-6-12-24(22)31)18-27(39-3)28(36)26(35)19-40-15-9-8-14-34(21)30(38)23-11-5-7-13-25(23)32/h4-7,10-13,20-21,26-28,35-36H,8-9,14-19H2,1-3H3/t21-,26-,27-,28-/m1/s1. The summed E-state index contributed by atoms with van der Waals surface area (Å²) < 4.78 is 40.5. The summed E-state index contributed by atoms with van der Waals surface area (Å²) in [6.45, 7) is 4.14. The minimum absolute atomic E-state index is 0.0231. The Labute approximate surface area is 234 Å². The molecule has 8 nitrogen and oxygen atoms in total. The van der Waals surface area contributed by atoms with Gasteiger partial charge in [-0.3, -0.25) is 9.59 Å². The predicted molar refractivity (Wildman–Crippen MR) is 146 cm³/mol. The van der Waals surface area contributed by atoms with Crippen molar-refractivity contribution in [1.29, 1.82) is 0 Å². The van der Waals surface area contributed by atoms with E-state index in [-0.39, 0.29) is 49.9 Å². The van der Waals surface area contributed by atoms with Crippen LogP contribution in [0, 0.1) is 17.6 Å². The first-order valence-corrected chi connectivity index (χ1v) is 13.7. The highest BCUT2D eigenvalue weighted by Crippen LogP contribution is 2.22. The van der Waals surface area contributed by atoms with Gasteiger partial charge in [0, 0.05) is 39.4 Å². The van der Waals surface area contributed by atoms with Crippen molar-refractivity contribution in [3.8, 4) is 0 Å². The fourth-order valence-corrected chi connectivity index (χ4v) is 4.96. The topological polar surface area (TPSA) is 99.5 Å². The molecular weight excluding hydrogens is 522 g/mol. The monoisotopic (exact) mass is 562 g/mol. The van der Waals surface area contributed by atoms with E-state index in [0.717, 1.165) is 0 Å². The number of halogens is 2. The largest absolute Gasteiger partial charge is 0.388 e. The number of carbonyl (C=O) groups is 2. The molecular formula is C30H40F2N2O6. The van der Waals surface area contributed by atoms with Crippen LogP contribution in [0.25, 0.3) is 0 Å². The van der Waals surface area contributed by atoms with Crippen LogP contribution in [0.3, 0.4) is 0 Å². The second kappa shape index (κ2) is 15.2. The molecule has 1 fully saturated rings. The molecule has 1 aliphatic heterocycles. The number of carbonyl (C=O) groups excluding carboxylic acids is 2. The lowest BCUT2D eigenvalue weighted by molar-refractivity contribution is -0.105. The summed E-state index contributed by atoms with van der Waals surface area (Å²) in [7, 11) is 1.34. The highest BCUT2D eigenvalue weighted by Gasteiger charge is 2.35. The van der Waals surface area contributed by atoms with Gasteiger partial charge in [0.25, 0.3) is 11.8 Å². The Balaban J connectivity index is 2.07. The minimum Gasteiger partial charge on any atom is -0.388 e. The van der Waals surface area contributed by atoms with Gasteiger partial charge in [-0.2, -0.15) is 0 Å². The molecule has 0 radical (unpaired) electrons. The maximum Gasteiger partial charge on any atom is 0.257 e. The third-order valence-corrected chi connectivity index (χ3v) is 7.08. The van der Waals surface area contributed by atoms with Crippen LogP contribution in [-0.4, -0.2) is 96.1 Å². The molecule has 0 spiro atoms. The lowest BCUT2D eigenvalue weighted by Crippen LogP contribution is -2.54. The normalized spacial score (nSPS) is 23.6. The van der Waals surface area contributed by atoms with E-state index in [1.54, 1.807) is 17.0 Å². The quantitative estimate of drug-likeness (QED) is 0.579. The van der Waals surface area contributed by atoms with Crippen LogP contribution >= 0.6 is 0 Å².